The fourth-order valence-electron chi connectivity index (χ4n) is 2.30. The van der Waals surface area contributed by atoms with Crippen molar-refractivity contribution < 1.29 is 17.9 Å². The van der Waals surface area contributed by atoms with Gasteiger partial charge in [0, 0.05) is 29.0 Å². The predicted molar refractivity (Wildman–Crippen MR) is 81.4 cm³/mol. The number of rotatable bonds is 3. The maximum atomic E-state index is 12.6. The number of aryl methyl sites for hydroxylation is 1. The van der Waals surface area contributed by atoms with Crippen molar-refractivity contribution in [2.45, 2.75) is 11.8 Å². The molecule has 2 heterocycles. The van der Waals surface area contributed by atoms with Crippen LogP contribution in [0.15, 0.2) is 47.6 Å². The van der Waals surface area contributed by atoms with E-state index in [0.29, 0.717) is 0 Å². The molecule has 7 heteroatoms. The maximum absolute atomic E-state index is 12.6. The molecule has 0 aliphatic rings. The van der Waals surface area contributed by atoms with E-state index in [1.807, 2.05) is 13.0 Å². The SMILES string of the molecule is COC(=O)c1ccn(S(=O)(=O)c2ccc3[nH]c(C)cc3c2)c1. The molecule has 0 radical (unpaired) electrons. The Hall–Kier alpha value is -2.54. The smallest absolute Gasteiger partial charge is 0.339 e. The number of hydrogen-bond donors (Lipinski definition) is 1. The van der Waals surface area contributed by atoms with E-state index in [4.69, 9.17) is 0 Å². The van der Waals surface area contributed by atoms with E-state index < -0.39 is 16.0 Å². The topological polar surface area (TPSA) is 81.2 Å². The number of methoxy groups -OCH3 is 1. The molecule has 0 saturated heterocycles. The highest BCUT2D eigenvalue weighted by Crippen LogP contribution is 2.22. The van der Waals surface area contributed by atoms with Crippen LogP contribution in [0.2, 0.25) is 0 Å². The van der Waals surface area contributed by atoms with Crippen LogP contribution in [0.5, 0.6) is 0 Å². The zero-order chi connectivity index (χ0) is 15.9. The van der Waals surface area contributed by atoms with Gasteiger partial charge in [0.25, 0.3) is 10.0 Å². The molecule has 0 bridgehead atoms. The van der Waals surface area contributed by atoms with Gasteiger partial charge in [0.05, 0.1) is 17.6 Å². The number of ether oxygens (including phenoxy) is 1. The molecule has 0 fully saturated rings. The number of esters is 1. The van der Waals surface area contributed by atoms with E-state index in [2.05, 4.69) is 9.72 Å². The largest absolute Gasteiger partial charge is 0.465 e. The summed E-state index contributed by atoms with van der Waals surface area (Å²) >= 11 is 0. The van der Waals surface area contributed by atoms with Crippen molar-refractivity contribution >= 4 is 26.9 Å². The summed E-state index contributed by atoms with van der Waals surface area (Å²) in [5.74, 6) is -0.578. The number of hydrogen-bond acceptors (Lipinski definition) is 4. The zero-order valence-electron chi connectivity index (χ0n) is 12.0. The van der Waals surface area contributed by atoms with Crippen LogP contribution in [0.1, 0.15) is 16.1 Å². The number of carbonyl (C=O) groups is 1. The number of benzene rings is 1. The fraction of sp³-hybridized carbons (Fsp3) is 0.133. The quantitative estimate of drug-likeness (QED) is 0.751. The Bertz CT molecular complexity index is 967. The summed E-state index contributed by atoms with van der Waals surface area (Å²) in [6, 6.07) is 8.14. The minimum absolute atomic E-state index is 0.158. The lowest BCUT2D eigenvalue weighted by Gasteiger charge is -2.05. The van der Waals surface area contributed by atoms with Crippen molar-refractivity contribution in [3.05, 3.63) is 54.0 Å². The van der Waals surface area contributed by atoms with Gasteiger partial charge in [-0.15, -0.1) is 0 Å². The Kier molecular flexibility index (Phi) is 3.29. The molecule has 0 spiro atoms. The highest BCUT2D eigenvalue weighted by molar-refractivity contribution is 7.90. The molecular weight excluding hydrogens is 304 g/mol. The normalized spacial score (nSPS) is 11.7. The van der Waals surface area contributed by atoms with E-state index in [0.717, 1.165) is 20.6 Å². The summed E-state index contributed by atoms with van der Waals surface area (Å²) in [6.45, 7) is 1.91. The van der Waals surface area contributed by atoms with Crippen molar-refractivity contribution in [3.8, 4) is 0 Å². The first-order valence-corrected chi connectivity index (χ1v) is 7.97. The predicted octanol–water partition coefficient (Wildman–Crippen LogP) is 2.30. The summed E-state index contributed by atoms with van der Waals surface area (Å²) in [7, 11) is -2.50. The molecule has 0 saturated carbocycles. The number of aromatic nitrogens is 2. The van der Waals surface area contributed by atoms with Gasteiger partial charge in [0.2, 0.25) is 0 Å². The number of nitrogens with one attached hydrogen (secondary N) is 1. The highest BCUT2D eigenvalue weighted by Gasteiger charge is 2.19. The van der Waals surface area contributed by atoms with Crippen molar-refractivity contribution in [1.82, 2.24) is 8.96 Å². The first-order chi connectivity index (χ1) is 10.4. The lowest BCUT2D eigenvalue weighted by atomic mass is 10.2. The molecule has 114 valence electrons. The van der Waals surface area contributed by atoms with Gasteiger partial charge in [-0.05, 0) is 37.3 Å². The number of nitrogens with zero attached hydrogens (tertiary/aromatic N) is 1. The second-order valence-electron chi connectivity index (χ2n) is 4.93. The molecule has 0 unspecified atom stereocenters. The van der Waals surface area contributed by atoms with Crippen molar-refractivity contribution in [2.75, 3.05) is 7.11 Å². The minimum atomic E-state index is -3.75. The van der Waals surface area contributed by atoms with Crippen molar-refractivity contribution in [1.29, 1.82) is 0 Å². The monoisotopic (exact) mass is 318 g/mol. The average Bonchev–Trinajstić information content (AvgIpc) is 3.11. The van der Waals surface area contributed by atoms with Crippen LogP contribution in [0.25, 0.3) is 10.9 Å². The van der Waals surface area contributed by atoms with Gasteiger partial charge in [0.1, 0.15) is 0 Å². The van der Waals surface area contributed by atoms with Crippen LogP contribution < -0.4 is 0 Å². The van der Waals surface area contributed by atoms with Crippen LogP contribution in [0, 0.1) is 6.92 Å². The molecule has 3 aromatic rings. The van der Waals surface area contributed by atoms with Crippen LogP contribution >= 0.6 is 0 Å². The van der Waals surface area contributed by atoms with Crippen LogP contribution in [-0.4, -0.2) is 30.5 Å². The molecule has 2 aromatic heterocycles. The van der Waals surface area contributed by atoms with E-state index in [1.54, 1.807) is 12.1 Å². The summed E-state index contributed by atoms with van der Waals surface area (Å²) in [5, 5.41) is 0.818. The molecule has 0 atom stereocenters. The summed E-state index contributed by atoms with van der Waals surface area (Å²) < 4.78 is 30.8. The second kappa shape index (κ2) is 5.03. The van der Waals surface area contributed by atoms with Gasteiger partial charge < -0.3 is 9.72 Å². The highest BCUT2D eigenvalue weighted by atomic mass is 32.2. The third kappa shape index (κ3) is 2.29. The van der Waals surface area contributed by atoms with E-state index in [-0.39, 0.29) is 10.5 Å². The van der Waals surface area contributed by atoms with Gasteiger partial charge in [0.15, 0.2) is 0 Å². The number of aromatic amines is 1. The molecule has 22 heavy (non-hydrogen) atoms. The van der Waals surface area contributed by atoms with Crippen LogP contribution in [0.4, 0.5) is 0 Å². The van der Waals surface area contributed by atoms with Gasteiger partial charge in [-0.3, -0.25) is 0 Å². The molecule has 0 aliphatic heterocycles. The Balaban J connectivity index is 2.07. The van der Waals surface area contributed by atoms with E-state index in [1.165, 1.54) is 31.6 Å². The Morgan fingerprint density at radius 3 is 2.73 bits per heavy atom. The number of carbonyl (C=O) groups excluding carboxylic acids is 1. The number of fused-ring (bicyclic) bond motifs is 1. The van der Waals surface area contributed by atoms with Crippen LogP contribution in [-0.2, 0) is 14.8 Å². The van der Waals surface area contributed by atoms with Gasteiger partial charge in [-0.1, -0.05) is 0 Å². The lowest BCUT2D eigenvalue weighted by molar-refractivity contribution is 0.0601. The molecule has 0 aliphatic carbocycles. The fourth-order valence-corrected chi connectivity index (χ4v) is 3.54. The van der Waals surface area contributed by atoms with Crippen molar-refractivity contribution in [3.63, 3.8) is 0 Å². The van der Waals surface area contributed by atoms with E-state index >= 15 is 0 Å². The Morgan fingerprint density at radius 1 is 1.23 bits per heavy atom. The minimum Gasteiger partial charge on any atom is -0.465 e. The van der Waals surface area contributed by atoms with Crippen LogP contribution in [0.3, 0.4) is 0 Å². The Morgan fingerprint density at radius 2 is 2.00 bits per heavy atom. The molecule has 1 aromatic carbocycles. The van der Waals surface area contributed by atoms with Gasteiger partial charge in [-0.2, -0.15) is 0 Å². The average molecular weight is 318 g/mol. The summed E-state index contributed by atoms with van der Waals surface area (Å²) in [6.07, 6.45) is 2.57. The third-order valence-electron chi connectivity index (χ3n) is 3.39. The summed E-state index contributed by atoms with van der Waals surface area (Å²) in [5.41, 5.74) is 2.02. The number of H-pyrrole nitrogens is 1. The first-order valence-electron chi connectivity index (χ1n) is 6.53. The molecule has 3 rings (SSSR count). The molecular formula is C15H14N2O4S. The van der Waals surface area contributed by atoms with Gasteiger partial charge >= 0.3 is 5.97 Å². The van der Waals surface area contributed by atoms with E-state index in [9.17, 15) is 13.2 Å². The van der Waals surface area contributed by atoms with Crippen molar-refractivity contribution in [2.24, 2.45) is 0 Å². The standard InChI is InChI=1S/C15H14N2O4S/c1-10-7-12-8-13(3-4-14(12)16-10)22(19,20)17-6-5-11(9-17)15(18)21-2/h3-9,16H,1-2H3. The zero-order valence-corrected chi connectivity index (χ0v) is 12.8. The molecule has 0 amide bonds. The first kappa shape index (κ1) is 14.4. The molecule has 6 nitrogen and oxygen atoms in total. The summed E-state index contributed by atoms with van der Waals surface area (Å²) in [4.78, 5) is 14.7. The molecule has 1 N–H and O–H groups in total. The maximum Gasteiger partial charge on any atom is 0.339 e. The second-order valence-corrected chi connectivity index (χ2v) is 6.77. The lowest BCUT2D eigenvalue weighted by Crippen LogP contribution is -2.11. The third-order valence-corrected chi connectivity index (χ3v) is 5.02. The van der Waals surface area contributed by atoms with Gasteiger partial charge in [-0.25, -0.2) is 17.2 Å². The Labute approximate surface area is 127 Å².